The van der Waals surface area contributed by atoms with Crippen LogP contribution in [0.25, 0.3) is 0 Å². The molecule has 0 radical (unpaired) electrons. The Balaban J connectivity index is 1.27. The first kappa shape index (κ1) is 20.4. The Bertz CT molecular complexity index is 555. The lowest BCUT2D eigenvalue weighted by Gasteiger charge is -2.37. The summed E-state index contributed by atoms with van der Waals surface area (Å²) >= 11 is 0. The molecule has 2 aliphatic carbocycles. The molecule has 9 heteroatoms. The molecule has 7 unspecified atom stereocenters. The summed E-state index contributed by atoms with van der Waals surface area (Å²) in [6.45, 7) is 0.908. The minimum atomic E-state index is -2.54. The molecule has 0 aromatic carbocycles. The normalized spacial score (nSPS) is 43.9. The molecule has 2 saturated heterocycles. The molecule has 1 amide bonds. The van der Waals surface area contributed by atoms with E-state index >= 15 is 0 Å². The Labute approximate surface area is 164 Å². The van der Waals surface area contributed by atoms with Crippen LogP contribution in [-0.2, 0) is 9.63 Å². The number of rotatable bonds is 5. The fourth-order valence-corrected chi connectivity index (χ4v) is 5.67. The molecule has 160 valence electrons. The standard InChI is InChI=1S/C19H32F2N4O3/c20-16(21)19-24-17(25-28-19)12-1-3-13-11(8-12)2-4-14(13)23-18(27)15-7-10(9-26)5-6-22-15/h10-17,19,22,24-26H,1-9H2,(H,23,27)/t10?,11?,12?,13?,14-,15?,17?,19?/m1/s1. The zero-order valence-corrected chi connectivity index (χ0v) is 16.1. The van der Waals surface area contributed by atoms with Gasteiger partial charge in [0.15, 0.2) is 6.23 Å². The Hall–Kier alpha value is -0.870. The molecule has 8 atom stereocenters. The lowest BCUT2D eigenvalue weighted by Crippen LogP contribution is -2.53. The monoisotopic (exact) mass is 402 g/mol. The lowest BCUT2D eigenvalue weighted by molar-refractivity contribution is -0.125. The van der Waals surface area contributed by atoms with Gasteiger partial charge in [0.2, 0.25) is 5.91 Å². The van der Waals surface area contributed by atoms with Crippen molar-refractivity contribution in [2.45, 2.75) is 75.8 Å². The number of halogens is 2. The number of amides is 1. The lowest BCUT2D eigenvalue weighted by atomic mass is 9.73. The molecule has 2 aliphatic heterocycles. The second-order valence-electron chi connectivity index (χ2n) is 8.90. The van der Waals surface area contributed by atoms with Crippen LogP contribution in [0.3, 0.4) is 0 Å². The molecular weight excluding hydrogens is 370 g/mol. The van der Waals surface area contributed by atoms with Crippen molar-refractivity contribution < 1.29 is 23.5 Å². The Kier molecular flexibility index (Phi) is 6.46. The maximum Gasteiger partial charge on any atom is 0.279 e. The van der Waals surface area contributed by atoms with Crippen molar-refractivity contribution in [3.8, 4) is 0 Å². The first-order valence-electron chi connectivity index (χ1n) is 10.6. The zero-order valence-electron chi connectivity index (χ0n) is 16.1. The van der Waals surface area contributed by atoms with Crippen LogP contribution in [-0.4, -0.2) is 55.1 Å². The summed E-state index contributed by atoms with van der Waals surface area (Å²) in [7, 11) is 0. The van der Waals surface area contributed by atoms with E-state index in [0.29, 0.717) is 18.3 Å². The van der Waals surface area contributed by atoms with Gasteiger partial charge in [-0.1, -0.05) is 0 Å². The Morgan fingerprint density at radius 1 is 1.14 bits per heavy atom. The molecule has 2 heterocycles. The largest absolute Gasteiger partial charge is 0.396 e. The fraction of sp³-hybridized carbons (Fsp3) is 0.947. The van der Waals surface area contributed by atoms with Crippen molar-refractivity contribution in [3.05, 3.63) is 0 Å². The maximum absolute atomic E-state index is 12.8. The first-order chi connectivity index (χ1) is 13.5. The van der Waals surface area contributed by atoms with Gasteiger partial charge in [0.1, 0.15) is 0 Å². The first-order valence-corrected chi connectivity index (χ1v) is 10.6. The van der Waals surface area contributed by atoms with E-state index in [0.717, 1.165) is 45.1 Å². The average molecular weight is 402 g/mol. The number of hydrogen-bond donors (Lipinski definition) is 5. The highest BCUT2D eigenvalue weighted by molar-refractivity contribution is 5.82. The van der Waals surface area contributed by atoms with E-state index in [1.165, 1.54) is 0 Å². The summed E-state index contributed by atoms with van der Waals surface area (Å²) < 4.78 is 25.6. The minimum Gasteiger partial charge on any atom is -0.396 e. The van der Waals surface area contributed by atoms with Crippen LogP contribution < -0.4 is 21.4 Å². The number of hydrogen-bond acceptors (Lipinski definition) is 6. The number of nitrogens with one attached hydrogen (secondary N) is 4. The van der Waals surface area contributed by atoms with Gasteiger partial charge in [-0.15, -0.1) is 0 Å². The molecule has 0 aromatic rings. The number of carbonyl (C=O) groups excluding carboxylic acids is 1. The van der Waals surface area contributed by atoms with E-state index in [1.807, 2.05) is 0 Å². The summed E-state index contributed by atoms with van der Waals surface area (Å²) in [5.41, 5.74) is 2.74. The Morgan fingerprint density at radius 3 is 2.71 bits per heavy atom. The van der Waals surface area contributed by atoms with Gasteiger partial charge in [-0.25, -0.2) is 8.78 Å². The van der Waals surface area contributed by atoms with Gasteiger partial charge < -0.3 is 15.7 Å². The number of piperidine rings is 1. The smallest absolute Gasteiger partial charge is 0.279 e. The van der Waals surface area contributed by atoms with Crippen LogP contribution in [0.1, 0.15) is 44.9 Å². The van der Waals surface area contributed by atoms with Crippen molar-refractivity contribution in [1.29, 1.82) is 0 Å². The highest BCUT2D eigenvalue weighted by Gasteiger charge is 2.45. The summed E-state index contributed by atoms with van der Waals surface area (Å²) in [6, 6.07) is -0.0130. The van der Waals surface area contributed by atoms with E-state index in [9.17, 15) is 18.7 Å². The quantitative estimate of drug-likeness (QED) is 0.465. The van der Waals surface area contributed by atoms with Crippen molar-refractivity contribution in [3.63, 3.8) is 0 Å². The summed E-state index contributed by atoms with van der Waals surface area (Å²) in [5.74, 6) is 1.51. The predicted octanol–water partition coefficient (Wildman–Crippen LogP) is 0.700. The van der Waals surface area contributed by atoms with E-state index < -0.39 is 12.7 Å². The summed E-state index contributed by atoms with van der Waals surface area (Å²) in [5, 5.41) is 18.8. The average Bonchev–Trinajstić information content (AvgIpc) is 3.35. The molecule has 4 rings (SSSR count). The van der Waals surface area contributed by atoms with Crippen LogP contribution in [0.15, 0.2) is 0 Å². The predicted molar refractivity (Wildman–Crippen MR) is 98.0 cm³/mol. The minimum absolute atomic E-state index is 0.0539. The van der Waals surface area contributed by atoms with Gasteiger partial charge >= 0.3 is 0 Å². The molecule has 4 fully saturated rings. The molecular formula is C19H32F2N4O3. The van der Waals surface area contributed by atoms with Crippen molar-refractivity contribution in [2.24, 2.45) is 23.7 Å². The third-order valence-corrected chi connectivity index (χ3v) is 7.23. The highest BCUT2D eigenvalue weighted by Crippen LogP contribution is 2.45. The van der Waals surface area contributed by atoms with Crippen LogP contribution in [0, 0.1) is 23.7 Å². The van der Waals surface area contributed by atoms with E-state index in [-0.39, 0.29) is 42.6 Å². The number of carbonyl (C=O) groups is 1. The van der Waals surface area contributed by atoms with Crippen LogP contribution >= 0.6 is 0 Å². The van der Waals surface area contributed by atoms with E-state index in [4.69, 9.17) is 4.84 Å². The van der Waals surface area contributed by atoms with Gasteiger partial charge in [-0.2, -0.15) is 5.48 Å². The van der Waals surface area contributed by atoms with Gasteiger partial charge in [0.05, 0.1) is 12.2 Å². The second-order valence-corrected chi connectivity index (χ2v) is 8.90. The van der Waals surface area contributed by atoms with Crippen molar-refractivity contribution in [1.82, 2.24) is 21.4 Å². The molecule has 0 bridgehead atoms. The Morgan fingerprint density at radius 2 is 1.96 bits per heavy atom. The van der Waals surface area contributed by atoms with Gasteiger partial charge in [0.25, 0.3) is 6.43 Å². The topological polar surface area (TPSA) is 94.7 Å². The van der Waals surface area contributed by atoms with Crippen LogP contribution in [0.5, 0.6) is 0 Å². The van der Waals surface area contributed by atoms with Gasteiger partial charge in [0, 0.05) is 12.6 Å². The van der Waals surface area contributed by atoms with Crippen molar-refractivity contribution in [2.75, 3.05) is 13.2 Å². The molecule has 5 N–H and O–H groups in total. The number of alkyl halides is 2. The maximum atomic E-state index is 12.8. The molecule has 0 spiro atoms. The highest BCUT2D eigenvalue weighted by atomic mass is 19.3. The van der Waals surface area contributed by atoms with Gasteiger partial charge in [-0.3, -0.25) is 14.9 Å². The third kappa shape index (κ3) is 4.33. The van der Waals surface area contributed by atoms with Crippen molar-refractivity contribution >= 4 is 5.91 Å². The molecule has 4 aliphatic rings. The van der Waals surface area contributed by atoms with E-state index in [2.05, 4.69) is 21.4 Å². The molecule has 7 nitrogen and oxygen atoms in total. The number of hydroxylamine groups is 1. The summed E-state index contributed by atoms with van der Waals surface area (Å²) in [4.78, 5) is 17.7. The second kappa shape index (κ2) is 8.87. The fourth-order valence-electron chi connectivity index (χ4n) is 5.67. The third-order valence-electron chi connectivity index (χ3n) is 7.23. The zero-order chi connectivity index (χ0) is 19.7. The number of fused-ring (bicyclic) bond motifs is 1. The van der Waals surface area contributed by atoms with Gasteiger partial charge in [-0.05, 0) is 75.2 Å². The van der Waals surface area contributed by atoms with Crippen LogP contribution in [0.4, 0.5) is 8.78 Å². The SMILES string of the molecule is O=C(N[C@@H]1CCC2CC(C3NOC(C(F)F)N3)CCC21)C1CC(CO)CCN1. The molecule has 0 aromatic heterocycles. The number of aliphatic hydroxyl groups is 1. The number of aliphatic hydroxyl groups excluding tert-OH is 1. The summed E-state index contributed by atoms with van der Waals surface area (Å²) in [6.07, 6.45) is 2.54. The van der Waals surface area contributed by atoms with Crippen LogP contribution in [0.2, 0.25) is 0 Å². The molecule has 28 heavy (non-hydrogen) atoms. The van der Waals surface area contributed by atoms with E-state index in [1.54, 1.807) is 0 Å². The molecule has 2 saturated carbocycles.